The van der Waals surface area contributed by atoms with Crippen LogP contribution in [0, 0.1) is 5.92 Å². The number of aliphatic hydroxyl groups is 3. The Bertz CT molecular complexity index is 1460. The summed E-state index contributed by atoms with van der Waals surface area (Å²) >= 11 is 0. The van der Waals surface area contributed by atoms with E-state index in [2.05, 4.69) is 15.6 Å². The van der Waals surface area contributed by atoms with Gasteiger partial charge in [0.25, 0.3) is 11.5 Å². The number of rotatable bonds is 14. The van der Waals surface area contributed by atoms with Crippen LogP contribution in [0.15, 0.2) is 33.7 Å². The van der Waals surface area contributed by atoms with E-state index >= 15 is 0 Å². The lowest BCUT2D eigenvalue weighted by Gasteiger charge is -2.35. The minimum atomic E-state index is -1.90. The van der Waals surface area contributed by atoms with Crippen LogP contribution in [0.5, 0.6) is 0 Å². The summed E-state index contributed by atoms with van der Waals surface area (Å²) in [7, 11) is 0. The number of unbranched alkanes of at least 4 members (excludes halogenated alkanes) is 3. The van der Waals surface area contributed by atoms with E-state index in [-0.39, 0.29) is 6.42 Å². The standard InChI is InChI=1S/C30H43N5O13/c1-2-3-4-5-9-20(39)46-23-15(14-36)22(47-28(23)35-12-10-19(38)34-30(35)44)24(25(31)41)48-29-21(40)17(37)13-18(45-29)27(43)33-16-8-6-7-11-32-26(16)42/h10,12-13,15-17,21-24,28-29,36-37,40H,2-9,11,14H2,1H3,(H2,31,41)(H,32,42)(H,33,43)(H,34,38,44)/t15-,16+,17+,21+,22+,23-,24-,28-,29-/m1/s1. The Balaban J connectivity index is 1.57. The number of nitrogens with two attached hydrogens (primary N) is 1. The number of H-pyrrole nitrogens is 1. The molecular weight excluding hydrogens is 638 g/mol. The number of nitrogens with zero attached hydrogens (tertiary/aromatic N) is 1. The molecule has 18 nitrogen and oxygen atoms in total. The first kappa shape index (κ1) is 36.7. The Kier molecular flexibility index (Phi) is 12.9. The molecule has 0 unspecified atom stereocenters. The third-order valence-corrected chi connectivity index (χ3v) is 8.38. The van der Waals surface area contributed by atoms with Crippen LogP contribution < -0.4 is 27.6 Å². The van der Waals surface area contributed by atoms with Crippen LogP contribution in [-0.4, -0.2) is 105 Å². The maximum absolute atomic E-state index is 13.0. The minimum Gasteiger partial charge on any atom is -0.457 e. The highest BCUT2D eigenvalue weighted by Gasteiger charge is 2.54. The van der Waals surface area contributed by atoms with Gasteiger partial charge in [0.1, 0.15) is 24.4 Å². The van der Waals surface area contributed by atoms with E-state index < -0.39 is 102 Å². The van der Waals surface area contributed by atoms with Gasteiger partial charge in [0, 0.05) is 25.2 Å². The molecule has 18 heteroatoms. The van der Waals surface area contributed by atoms with Crippen molar-refractivity contribution in [2.45, 2.75) is 107 Å². The lowest BCUT2D eigenvalue weighted by molar-refractivity contribution is -0.239. The molecule has 8 N–H and O–H groups in total. The van der Waals surface area contributed by atoms with Crippen molar-refractivity contribution in [1.82, 2.24) is 20.2 Å². The Morgan fingerprint density at radius 3 is 2.62 bits per heavy atom. The van der Waals surface area contributed by atoms with Crippen LogP contribution in [0.2, 0.25) is 0 Å². The van der Waals surface area contributed by atoms with Gasteiger partial charge < -0.3 is 50.6 Å². The fraction of sp³-hybridized carbons (Fsp3) is 0.667. The minimum absolute atomic E-state index is 0.0159. The first-order chi connectivity index (χ1) is 22.9. The van der Waals surface area contributed by atoms with Crippen molar-refractivity contribution in [1.29, 1.82) is 0 Å². The maximum Gasteiger partial charge on any atom is 0.330 e. The number of aromatic nitrogens is 2. The number of nitrogens with one attached hydrogen (secondary N) is 3. The van der Waals surface area contributed by atoms with Crippen LogP contribution in [0.3, 0.4) is 0 Å². The molecule has 3 amide bonds. The largest absolute Gasteiger partial charge is 0.457 e. The maximum atomic E-state index is 13.0. The topological polar surface area (TPSA) is 271 Å². The normalized spacial score (nSPS) is 29.5. The Hall–Kier alpha value is -4.10. The van der Waals surface area contributed by atoms with Crippen molar-refractivity contribution < 1.29 is 53.4 Å². The molecule has 48 heavy (non-hydrogen) atoms. The molecule has 266 valence electrons. The fourth-order valence-corrected chi connectivity index (χ4v) is 5.79. The van der Waals surface area contributed by atoms with Gasteiger partial charge in [0.2, 0.25) is 18.1 Å². The number of aromatic amines is 1. The average Bonchev–Trinajstić information content (AvgIpc) is 3.25. The van der Waals surface area contributed by atoms with Gasteiger partial charge in [-0.2, -0.15) is 0 Å². The summed E-state index contributed by atoms with van der Waals surface area (Å²) in [5.41, 5.74) is 4.00. The van der Waals surface area contributed by atoms with Gasteiger partial charge in [-0.15, -0.1) is 0 Å². The highest BCUT2D eigenvalue weighted by Crippen LogP contribution is 2.39. The first-order valence-electron chi connectivity index (χ1n) is 16.0. The van der Waals surface area contributed by atoms with Gasteiger partial charge >= 0.3 is 11.7 Å². The monoisotopic (exact) mass is 681 g/mol. The third-order valence-electron chi connectivity index (χ3n) is 8.38. The van der Waals surface area contributed by atoms with E-state index in [4.69, 9.17) is 24.7 Å². The van der Waals surface area contributed by atoms with E-state index in [1.807, 2.05) is 6.92 Å². The molecule has 9 atom stereocenters. The van der Waals surface area contributed by atoms with Gasteiger partial charge in [-0.1, -0.05) is 26.2 Å². The van der Waals surface area contributed by atoms with Crippen LogP contribution in [0.4, 0.5) is 0 Å². The fourth-order valence-electron chi connectivity index (χ4n) is 5.79. The number of carbonyl (C=O) groups is 4. The Morgan fingerprint density at radius 1 is 1.17 bits per heavy atom. The third kappa shape index (κ3) is 8.87. The molecular formula is C30H43N5O13. The van der Waals surface area contributed by atoms with Crippen molar-refractivity contribution in [3.63, 3.8) is 0 Å². The predicted molar refractivity (Wildman–Crippen MR) is 162 cm³/mol. The van der Waals surface area contributed by atoms with Crippen LogP contribution >= 0.6 is 0 Å². The lowest BCUT2D eigenvalue weighted by atomic mass is 9.94. The molecule has 1 aromatic heterocycles. The average molecular weight is 682 g/mol. The lowest BCUT2D eigenvalue weighted by Crippen LogP contribution is -2.53. The number of hydrogen-bond acceptors (Lipinski definition) is 13. The molecule has 0 bridgehead atoms. The second-order valence-electron chi connectivity index (χ2n) is 11.9. The van der Waals surface area contributed by atoms with Gasteiger partial charge in [-0.3, -0.25) is 33.5 Å². The number of ether oxygens (including phenoxy) is 4. The Morgan fingerprint density at radius 2 is 1.94 bits per heavy atom. The zero-order valence-electron chi connectivity index (χ0n) is 26.4. The van der Waals surface area contributed by atoms with Gasteiger partial charge in [0.05, 0.1) is 12.5 Å². The molecule has 0 saturated carbocycles. The molecule has 0 spiro atoms. The van der Waals surface area contributed by atoms with Gasteiger partial charge in [-0.25, -0.2) is 4.79 Å². The quantitative estimate of drug-likeness (QED) is 0.0794. The molecule has 4 heterocycles. The van der Waals surface area contributed by atoms with E-state index in [1.54, 1.807) is 0 Å². The van der Waals surface area contributed by atoms with E-state index in [0.717, 1.165) is 48.6 Å². The molecule has 2 fully saturated rings. The Labute approximate surface area is 274 Å². The summed E-state index contributed by atoms with van der Waals surface area (Å²) in [4.78, 5) is 77.5. The van der Waals surface area contributed by atoms with E-state index in [9.17, 15) is 44.1 Å². The van der Waals surface area contributed by atoms with Gasteiger partial charge in [-0.05, 0) is 31.8 Å². The second kappa shape index (κ2) is 16.8. The molecule has 0 aromatic carbocycles. The summed E-state index contributed by atoms with van der Waals surface area (Å²) in [6, 6.07) is 0.131. The van der Waals surface area contributed by atoms with Crippen LogP contribution in [0.1, 0.15) is 64.5 Å². The van der Waals surface area contributed by atoms with Crippen molar-refractivity contribution in [3.8, 4) is 0 Å². The number of hydrogen-bond donors (Lipinski definition) is 7. The first-order valence-corrected chi connectivity index (χ1v) is 16.0. The molecule has 0 aliphatic carbocycles. The number of esters is 1. The van der Waals surface area contributed by atoms with Crippen molar-refractivity contribution in [3.05, 3.63) is 44.9 Å². The van der Waals surface area contributed by atoms with Crippen LogP contribution in [0.25, 0.3) is 0 Å². The molecule has 1 aromatic rings. The summed E-state index contributed by atoms with van der Waals surface area (Å²) in [6.45, 7) is 1.69. The number of aliphatic hydroxyl groups excluding tert-OH is 3. The molecule has 3 aliphatic heterocycles. The summed E-state index contributed by atoms with van der Waals surface area (Å²) in [5, 5.41) is 36.8. The highest BCUT2D eigenvalue weighted by atomic mass is 16.7. The number of primary amides is 1. The smallest absolute Gasteiger partial charge is 0.330 e. The van der Waals surface area contributed by atoms with E-state index in [0.29, 0.717) is 25.8 Å². The van der Waals surface area contributed by atoms with Crippen molar-refractivity contribution in [2.75, 3.05) is 13.2 Å². The number of carbonyl (C=O) groups excluding carboxylic acids is 4. The van der Waals surface area contributed by atoms with Gasteiger partial charge in [0.15, 0.2) is 24.2 Å². The van der Waals surface area contributed by atoms with E-state index in [1.165, 1.54) is 0 Å². The van der Waals surface area contributed by atoms with Crippen molar-refractivity contribution >= 4 is 23.7 Å². The van der Waals surface area contributed by atoms with Crippen molar-refractivity contribution in [2.24, 2.45) is 11.7 Å². The van der Waals surface area contributed by atoms with Crippen LogP contribution in [-0.2, 0) is 38.1 Å². The molecule has 3 aliphatic rings. The predicted octanol–water partition coefficient (Wildman–Crippen LogP) is -2.46. The highest BCUT2D eigenvalue weighted by molar-refractivity contribution is 5.95. The molecule has 4 rings (SSSR count). The second-order valence-corrected chi connectivity index (χ2v) is 11.9. The SMILES string of the molecule is CCCCCCC(=O)O[C@@H]1[C@H](CO)[C@@H]([C@@H](O[C@H]2OC(C(=O)N[C@H]3CCCCNC3=O)=C[C@H](O)[C@@H]2O)C(N)=O)O[C@H]1n1ccc(=O)[nH]c1=O. The zero-order valence-corrected chi connectivity index (χ0v) is 26.4. The summed E-state index contributed by atoms with van der Waals surface area (Å²) in [5.74, 6) is -4.94. The number of amides is 3. The summed E-state index contributed by atoms with van der Waals surface area (Å²) < 4.78 is 23.8. The molecule has 2 saturated heterocycles. The zero-order chi connectivity index (χ0) is 35.0. The molecule has 0 radical (unpaired) electrons. The summed E-state index contributed by atoms with van der Waals surface area (Å²) in [6.07, 6.45) is -4.92.